The molecule has 0 radical (unpaired) electrons. The number of sulfonamides is 1. The van der Waals surface area contributed by atoms with Gasteiger partial charge in [0.15, 0.2) is 6.61 Å². The lowest BCUT2D eigenvalue weighted by Gasteiger charge is -2.20. The van der Waals surface area contributed by atoms with Gasteiger partial charge in [0, 0.05) is 18.8 Å². The van der Waals surface area contributed by atoms with Crippen LogP contribution in [0.1, 0.15) is 24.2 Å². The number of ether oxygens (including phenoxy) is 1. The van der Waals surface area contributed by atoms with Crippen LogP contribution in [-0.4, -0.2) is 40.0 Å². The molecule has 0 saturated carbocycles. The fourth-order valence-electron chi connectivity index (χ4n) is 2.46. The summed E-state index contributed by atoms with van der Waals surface area (Å²) in [6.45, 7) is 3.47. The van der Waals surface area contributed by atoms with Gasteiger partial charge in [0.25, 0.3) is 5.91 Å². The van der Waals surface area contributed by atoms with Crippen molar-refractivity contribution in [1.29, 1.82) is 0 Å². The Morgan fingerprint density at radius 3 is 2.18 bits per heavy atom. The normalized spacial score (nSPS) is 11.1. The molecule has 0 spiro atoms. The minimum Gasteiger partial charge on any atom is -0.452 e. The molecule has 150 valence electrons. The lowest BCUT2D eigenvalue weighted by atomic mass is 10.2. The third kappa shape index (κ3) is 5.37. The number of hydrogen-bond acceptors (Lipinski definition) is 5. The number of anilines is 1. The van der Waals surface area contributed by atoms with E-state index < -0.39 is 34.3 Å². The summed E-state index contributed by atoms with van der Waals surface area (Å²) in [5, 5.41) is 0. The van der Waals surface area contributed by atoms with E-state index in [-0.39, 0.29) is 17.0 Å². The van der Waals surface area contributed by atoms with Gasteiger partial charge in [0.1, 0.15) is 5.82 Å². The summed E-state index contributed by atoms with van der Waals surface area (Å²) < 4.78 is 44.2. The Kier molecular flexibility index (Phi) is 7.24. The van der Waals surface area contributed by atoms with Gasteiger partial charge >= 0.3 is 5.97 Å². The summed E-state index contributed by atoms with van der Waals surface area (Å²) in [7, 11) is -3.62. The smallest absolute Gasteiger partial charge is 0.338 e. The van der Waals surface area contributed by atoms with Gasteiger partial charge in [-0.25, -0.2) is 22.3 Å². The number of nitrogens with one attached hydrogen (secondary N) is 1. The van der Waals surface area contributed by atoms with Crippen molar-refractivity contribution >= 4 is 27.6 Å². The number of hydrogen-bond donors (Lipinski definition) is 1. The average molecular weight is 408 g/mol. The average Bonchev–Trinajstić information content (AvgIpc) is 2.68. The first-order chi connectivity index (χ1) is 13.3. The fraction of sp³-hybridized carbons (Fsp3) is 0.263. The second-order valence-electron chi connectivity index (χ2n) is 5.72. The van der Waals surface area contributed by atoms with Crippen molar-refractivity contribution in [3.63, 3.8) is 0 Å². The largest absolute Gasteiger partial charge is 0.452 e. The van der Waals surface area contributed by atoms with Gasteiger partial charge in [-0.3, -0.25) is 4.79 Å². The van der Waals surface area contributed by atoms with E-state index in [1.807, 2.05) is 0 Å². The molecule has 2 rings (SSSR count). The van der Waals surface area contributed by atoms with Crippen LogP contribution in [0.25, 0.3) is 0 Å². The van der Waals surface area contributed by atoms with Crippen molar-refractivity contribution in [2.24, 2.45) is 0 Å². The highest BCUT2D eigenvalue weighted by Gasteiger charge is 2.18. The SMILES string of the molecule is CCNS(=O)(=O)c1ccc(C(=O)OCC(=O)N(CC)c2ccc(F)cc2)cc1. The van der Waals surface area contributed by atoms with E-state index in [0.29, 0.717) is 12.2 Å². The Labute approximate surface area is 163 Å². The van der Waals surface area contributed by atoms with Crippen LogP contribution >= 0.6 is 0 Å². The molecule has 0 unspecified atom stereocenters. The molecular formula is C19H21FN2O5S. The Morgan fingerprint density at radius 2 is 1.64 bits per heavy atom. The third-order valence-electron chi connectivity index (χ3n) is 3.82. The molecule has 1 N–H and O–H groups in total. The van der Waals surface area contributed by atoms with Gasteiger partial charge in [0.2, 0.25) is 10.0 Å². The molecule has 0 aliphatic carbocycles. The summed E-state index contributed by atoms with van der Waals surface area (Å²) >= 11 is 0. The standard InChI is InChI=1S/C19H21FN2O5S/c1-3-21-28(25,26)17-11-5-14(6-12-17)19(24)27-13-18(23)22(4-2)16-9-7-15(20)8-10-16/h5-12,21H,3-4,13H2,1-2H3. The van der Waals surface area contributed by atoms with Crippen LogP contribution < -0.4 is 9.62 Å². The Balaban J connectivity index is 2.00. The zero-order valence-corrected chi connectivity index (χ0v) is 16.3. The lowest BCUT2D eigenvalue weighted by Crippen LogP contribution is -2.34. The quantitative estimate of drug-likeness (QED) is 0.677. The molecular weight excluding hydrogens is 387 g/mol. The van der Waals surface area contributed by atoms with Gasteiger partial charge in [-0.15, -0.1) is 0 Å². The maximum atomic E-state index is 13.0. The molecule has 0 fully saturated rings. The van der Waals surface area contributed by atoms with E-state index in [9.17, 15) is 22.4 Å². The lowest BCUT2D eigenvalue weighted by molar-refractivity contribution is -0.121. The Bertz CT molecular complexity index is 928. The maximum absolute atomic E-state index is 13.0. The van der Waals surface area contributed by atoms with Crippen LogP contribution in [0.3, 0.4) is 0 Å². The highest BCUT2D eigenvalue weighted by atomic mass is 32.2. The van der Waals surface area contributed by atoms with Crippen LogP contribution in [0, 0.1) is 5.82 Å². The van der Waals surface area contributed by atoms with E-state index in [1.165, 1.54) is 53.4 Å². The maximum Gasteiger partial charge on any atom is 0.338 e. The first-order valence-electron chi connectivity index (χ1n) is 8.61. The van der Waals surface area contributed by atoms with Crippen molar-refractivity contribution in [3.8, 4) is 0 Å². The molecule has 0 aliphatic rings. The van der Waals surface area contributed by atoms with Gasteiger partial charge in [0.05, 0.1) is 10.5 Å². The number of carbonyl (C=O) groups excluding carboxylic acids is 2. The zero-order chi connectivity index (χ0) is 20.7. The molecule has 9 heteroatoms. The summed E-state index contributed by atoms with van der Waals surface area (Å²) in [5.41, 5.74) is 0.607. The predicted molar refractivity (Wildman–Crippen MR) is 102 cm³/mol. The van der Waals surface area contributed by atoms with E-state index >= 15 is 0 Å². The van der Waals surface area contributed by atoms with E-state index in [1.54, 1.807) is 13.8 Å². The number of esters is 1. The molecule has 28 heavy (non-hydrogen) atoms. The summed E-state index contributed by atoms with van der Waals surface area (Å²) in [6.07, 6.45) is 0. The van der Waals surface area contributed by atoms with Gasteiger partial charge < -0.3 is 9.64 Å². The number of benzene rings is 2. The first-order valence-corrected chi connectivity index (χ1v) is 10.1. The monoisotopic (exact) mass is 408 g/mol. The Morgan fingerprint density at radius 1 is 1.04 bits per heavy atom. The van der Waals surface area contributed by atoms with Crippen molar-refractivity contribution < 1.29 is 27.1 Å². The molecule has 1 amide bonds. The molecule has 2 aromatic rings. The molecule has 0 bridgehead atoms. The molecule has 0 saturated heterocycles. The number of rotatable bonds is 8. The molecule has 7 nitrogen and oxygen atoms in total. The minimum absolute atomic E-state index is 0.0236. The highest BCUT2D eigenvalue weighted by Crippen LogP contribution is 2.15. The molecule has 2 aromatic carbocycles. The van der Waals surface area contributed by atoms with Gasteiger partial charge in [-0.2, -0.15) is 0 Å². The number of amides is 1. The minimum atomic E-state index is -3.62. The van der Waals surface area contributed by atoms with Crippen molar-refractivity contribution in [3.05, 3.63) is 59.9 Å². The predicted octanol–water partition coefficient (Wildman–Crippen LogP) is 2.33. The van der Waals surface area contributed by atoms with Crippen molar-refractivity contribution in [1.82, 2.24) is 4.72 Å². The van der Waals surface area contributed by atoms with Crippen LogP contribution in [-0.2, 0) is 19.6 Å². The molecule has 0 aliphatic heterocycles. The topological polar surface area (TPSA) is 92.8 Å². The van der Waals surface area contributed by atoms with Crippen molar-refractivity contribution in [2.45, 2.75) is 18.7 Å². The van der Waals surface area contributed by atoms with Gasteiger partial charge in [-0.05, 0) is 55.5 Å². The number of likely N-dealkylation sites (N-methyl/N-ethyl adjacent to an activating group) is 1. The molecule has 0 atom stereocenters. The van der Waals surface area contributed by atoms with E-state index in [2.05, 4.69) is 4.72 Å². The summed E-state index contributed by atoms with van der Waals surface area (Å²) in [6, 6.07) is 10.6. The van der Waals surface area contributed by atoms with Crippen LogP contribution in [0.4, 0.5) is 10.1 Å². The highest BCUT2D eigenvalue weighted by molar-refractivity contribution is 7.89. The summed E-state index contributed by atoms with van der Waals surface area (Å²) in [5.74, 6) is -1.64. The van der Waals surface area contributed by atoms with Crippen molar-refractivity contribution in [2.75, 3.05) is 24.6 Å². The second kappa shape index (κ2) is 9.43. The number of nitrogens with zero attached hydrogens (tertiary/aromatic N) is 1. The number of halogens is 1. The fourth-order valence-corrected chi connectivity index (χ4v) is 3.50. The van der Waals surface area contributed by atoms with E-state index in [4.69, 9.17) is 4.74 Å². The van der Waals surface area contributed by atoms with Crippen LogP contribution in [0.5, 0.6) is 0 Å². The Hall–Kier alpha value is -2.78. The van der Waals surface area contributed by atoms with Crippen LogP contribution in [0.15, 0.2) is 53.4 Å². The third-order valence-corrected chi connectivity index (χ3v) is 5.38. The molecule has 0 aromatic heterocycles. The zero-order valence-electron chi connectivity index (χ0n) is 15.5. The number of carbonyl (C=O) groups is 2. The molecule has 0 heterocycles. The van der Waals surface area contributed by atoms with Gasteiger partial charge in [-0.1, -0.05) is 6.92 Å². The van der Waals surface area contributed by atoms with E-state index in [0.717, 1.165) is 0 Å². The second-order valence-corrected chi connectivity index (χ2v) is 7.48. The summed E-state index contributed by atoms with van der Waals surface area (Å²) in [4.78, 5) is 25.8. The first kappa shape index (κ1) is 21.5. The van der Waals surface area contributed by atoms with Crippen LogP contribution in [0.2, 0.25) is 0 Å².